The fourth-order valence-corrected chi connectivity index (χ4v) is 5.64. The highest BCUT2D eigenvalue weighted by Crippen LogP contribution is 2.59. The molecule has 0 unspecified atom stereocenters. The summed E-state index contributed by atoms with van der Waals surface area (Å²) in [6.45, 7) is -1.07. The number of esters is 1. The SMILES string of the molecule is O=C(COC(=O)CN1C(=O)[C@@H]2[C@H]3C[C@@H]([C@H](Cl)[C@H]3Cl)[C@@H]2C1=O)Nc1ccc(Cl)cc1. The number of hydrogen-bond acceptors (Lipinski definition) is 5. The Morgan fingerprint density at radius 2 is 1.59 bits per heavy atom. The Morgan fingerprint density at radius 1 is 1.03 bits per heavy atom. The molecule has 0 aromatic heterocycles. The van der Waals surface area contributed by atoms with Crippen molar-refractivity contribution in [1.29, 1.82) is 0 Å². The Kier molecular flexibility index (Phi) is 5.48. The van der Waals surface area contributed by atoms with E-state index in [0.717, 1.165) is 4.90 Å². The van der Waals surface area contributed by atoms with E-state index < -0.39 is 48.7 Å². The Balaban J connectivity index is 1.31. The first kappa shape index (κ1) is 20.4. The van der Waals surface area contributed by atoms with Crippen LogP contribution < -0.4 is 5.32 Å². The highest BCUT2D eigenvalue weighted by atomic mass is 35.5. The Hall–Kier alpha value is -1.83. The summed E-state index contributed by atoms with van der Waals surface area (Å²) < 4.78 is 4.92. The van der Waals surface area contributed by atoms with Crippen molar-refractivity contribution in [3.05, 3.63) is 29.3 Å². The number of ether oxygens (including phenoxy) is 1. The third kappa shape index (κ3) is 3.60. The lowest BCUT2D eigenvalue weighted by Crippen LogP contribution is -2.38. The molecule has 1 heterocycles. The van der Waals surface area contributed by atoms with Crippen LogP contribution in [0.1, 0.15) is 6.42 Å². The number of fused-ring (bicyclic) bond motifs is 5. The highest BCUT2D eigenvalue weighted by molar-refractivity contribution is 6.31. The Bertz CT molecular complexity index is 845. The number of carbonyl (C=O) groups excluding carboxylic acids is 4. The van der Waals surface area contributed by atoms with Crippen molar-refractivity contribution in [3.63, 3.8) is 0 Å². The van der Waals surface area contributed by atoms with Crippen LogP contribution in [0.2, 0.25) is 5.02 Å². The molecule has 3 aliphatic rings. The summed E-state index contributed by atoms with van der Waals surface area (Å²) in [5.41, 5.74) is 0.495. The molecule has 1 saturated heterocycles. The molecule has 4 rings (SSSR count). The number of nitrogens with one attached hydrogen (secondary N) is 1. The van der Waals surface area contributed by atoms with Gasteiger partial charge in [0.15, 0.2) is 6.61 Å². The number of imide groups is 1. The van der Waals surface area contributed by atoms with E-state index >= 15 is 0 Å². The van der Waals surface area contributed by atoms with Gasteiger partial charge in [-0.1, -0.05) is 11.6 Å². The van der Waals surface area contributed by atoms with Gasteiger partial charge in [-0.05, 0) is 42.5 Å². The summed E-state index contributed by atoms with van der Waals surface area (Å²) >= 11 is 18.4. The molecule has 3 amide bonds. The first-order valence-corrected chi connectivity index (χ1v) is 10.4. The molecule has 10 heteroatoms. The van der Waals surface area contributed by atoms with Gasteiger partial charge in [-0.15, -0.1) is 23.2 Å². The second kappa shape index (κ2) is 7.78. The predicted octanol–water partition coefficient (Wildman–Crippen LogP) is 2.29. The van der Waals surface area contributed by atoms with E-state index in [4.69, 9.17) is 39.5 Å². The van der Waals surface area contributed by atoms with Crippen molar-refractivity contribution in [2.24, 2.45) is 23.7 Å². The fourth-order valence-electron chi connectivity index (χ4n) is 4.62. The van der Waals surface area contributed by atoms with Gasteiger partial charge < -0.3 is 10.1 Å². The first-order valence-electron chi connectivity index (χ1n) is 9.12. The van der Waals surface area contributed by atoms with Crippen molar-refractivity contribution in [3.8, 4) is 0 Å². The molecule has 1 N–H and O–H groups in total. The monoisotopic (exact) mass is 458 g/mol. The maximum atomic E-state index is 12.7. The van der Waals surface area contributed by atoms with Crippen molar-refractivity contribution in [2.75, 3.05) is 18.5 Å². The molecule has 0 radical (unpaired) electrons. The van der Waals surface area contributed by atoms with Crippen LogP contribution in [0.4, 0.5) is 5.69 Å². The maximum Gasteiger partial charge on any atom is 0.326 e. The van der Waals surface area contributed by atoms with Crippen LogP contribution in [0.25, 0.3) is 0 Å². The van der Waals surface area contributed by atoms with E-state index in [0.29, 0.717) is 17.1 Å². The molecule has 2 bridgehead atoms. The number of alkyl halides is 2. The lowest BCUT2D eigenvalue weighted by atomic mass is 9.80. The summed E-state index contributed by atoms with van der Waals surface area (Å²) in [5, 5.41) is 2.35. The maximum absolute atomic E-state index is 12.7. The number of hydrogen-bond donors (Lipinski definition) is 1. The highest BCUT2D eigenvalue weighted by Gasteiger charge is 2.66. The minimum absolute atomic E-state index is 0.156. The third-order valence-corrected chi connectivity index (χ3v) is 7.43. The van der Waals surface area contributed by atoms with Crippen LogP contribution in [0.5, 0.6) is 0 Å². The zero-order valence-corrected chi connectivity index (χ0v) is 17.3. The number of carbonyl (C=O) groups is 4. The summed E-state index contributed by atoms with van der Waals surface area (Å²) in [6.07, 6.45) is 0.651. The minimum Gasteiger partial charge on any atom is -0.454 e. The first-order chi connectivity index (χ1) is 13.8. The van der Waals surface area contributed by atoms with E-state index in [-0.39, 0.29) is 22.6 Å². The molecule has 1 aliphatic heterocycles. The van der Waals surface area contributed by atoms with E-state index in [2.05, 4.69) is 5.32 Å². The van der Waals surface area contributed by atoms with E-state index in [1.807, 2.05) is 0 Å². The number of amides is 3. The summed E-state index contributed by atoms with van der Waals surface area (Å²) in [4.78, 5) is 50.3. The van der Waals surface area contributed by atoms with Gasteiger partial charge in [-0.3, -0.25) is 24.1 Å². The minimum atomic E-state index is -0.838. The van der Waals surface area contributed by atoms with E-state index in [9.17, 15) is 19.2 Å². The lowest BCUT2D eigenvalue weighted by Gasteiger charge is -2.28. The molecular formula is C19H17Cl3N2O5. The van der Waals surface area contributed by atoms with Gasteiger partial charge in [-0.25, -0.2) is 0 Å². The van der Waals surface area contributed by atoms with Crippen molar-refractivity contribution < 1.29 is 23.9 Å². The summed E-state index contributed by atoms with van der Waals surface area (Å²) in [5.74, 6) is -3.57. The summed E-state index contributed by atoms with van der Waals surface area (Å²) in [6, 6.07) is 6.42. The van der Waals surface area contributed by atoms with Crippen LogP contribution in [0.15, 0.2) is 24.3 Å². The van der Waals surface area contributed by atoms with Crippen LogP contribution >= 0.6 is 34.8 Å². The van der Waals surface area contributed by atoms with Crippen molar-refractivity contribution >= 4 is 64.2 Å². The predicted molar refractivity (Wildman–Crippen MR) is 106 cm³/mol. The molecule has 1 aromatic rings. The number of likely N-dealkylation sites (tertiary alicyclic amines) is 1. The molecule has 1 aromatic carbocycles. The van der Waals surface area contributed by atoms with E-state index in [1.54, 1.807) is 24.3 Å². The summed E-state index contributed by atoms with van der Waals surface area (Å²) in [7, 11) is 0. The molecule has 2 saturated carbocycles. The number of halogens is 3. The van der Waals surface area contributed by atoms with Gasteiger partial charge >= 0.3 is 5.97 Å². The largest absolute Gasteiger partial charge is 0.454 e. The third-order valence-electron chi connectivity index (χ3n) is 5.86. The molecule has 2 aliphatic carbocycles. The molecule has 3 fully saturated rings. The average Bonchev–Trinajstić information content (AvgIpc) is 3.29. The van der Waals surface area contributed by atoms with Gasteiger partial charge in [0.1, 0.15) is 6.54 Å². The Morgan fingerprint density at radius 3 is 2.14 bits per heavy atom. The molecular weight excluding hydrogens is 443 g/mol. The van der Waals surface area contributed by atoms with Gasteiger partial charge in [0, 0.05) is 10.7 Å². The average molecular weight is 460 g/mol. The van der Waals surface area contributed by atoms with Crippen molar-refractivity contribution in [1.82, 2.24) is 4.90 Å². The Labute approximate surface area is 181 Å². The molecule has 7 nitrogen and oxygen atoms in total. The molecule has 29 heavy (non-hydrogen) atoms. The quantitative estimate of drug-likeness (QED) is 0.414. The van der Waals surface area contributed by atoms with Gasteiger partial charge in [-0.2, -0.15) is 0 Å². The van der Waals surface area contributed by atoms with Crippen molar-refractivity contribution in [2.45, 2.75) is 17.2 Å². The van der Waals surface area contributed by atoms with Crippen LogP contribution in [-0.4, -0.2) is 52.5 Å². The topological polar surface area (TPSA) is 92.8 Å². The van der Waals surface area contributed by atoms with Gasteiger partial charge in [0.05, 0.1) is 22.6 Å². The lowest BCUT2D eigenvalue weighted by molar-refractivity contribution is -0.154. The normalized spacial score (nSPS) is 32.4. The van der Waals surface area contributed by atoms with Crippen LogP contribution in [-0.2, 0) is 23.9 Å². The van der Waals surface area contributed by atoms with Crippen LogP contribution in [0.3, 0.4) is 0 Å². The van der Waals surface area contributed by atoms with Gasteiger partial charge in [0.25, 0.3) is 5.91 Å². The van der Waals surface area contributed by atoms with Crippen LogP contribution in [0, 0.1) is 23.7 Å². The number of nitrogens with zero attached hydrogens (tertiary/aromatic N) is 1. The van der Waals surface area contributed by atoms with Gasteiger partial charge in [0.2, 0.25) is 11.8 Å². The fraction of sp³-hybridized carbons (Fsp3) is 0.474. The molecule has 154 valence electrons. The molecule has 6 atom stereocenters. The smallest absolute Gasteiger partial charge is 0.326 e. The number of benzene rings is 1. The standard InChI is InChI=1S/C19H17Cl3N2O5/c20-8-1-3-9(4-2-8)23-12(25)7-29-13(26)6-24-18(27)14-10-5-11(15(14)19(24)28)17(22)16(10)21/h1-4,10-11,14-17H,5-7H2,(H,23,25)/t10-,11-,14-,15+,16+,17+/m1/s1. The second-order valence-electron chi connectivity index (χ2n) is 7.48. The zero-order valence-electron chi connectivity index (χ0n) is 15.0. The molecule has 0 spiro atoms. The zero-order chi connectivity index (χ0) is 20.9. The second-order valence-corrected chi connectivity index (χ2v) is 8.93. The number of rotatable bonds is 5. The number of anilines is 1. The van der Waals surface area contributed by atoms with E-state index in [1.165, 1.54) is 0 Å².